The summed E-state index contributed by atoms with van der Waals surface area (Å²) in [7, 11) is 0. The molecule has 3 heterocycles. The van der Waals surface area contributed by atoms with E-state index in [4.69, 9.17) is 24.9 Å². The van der Waals surface area contributed by atoms with E-state index in [1.807, 2.05) is 24.5 Å². The van der Waals surface area contributed by atoms with E-state index in [1.54, 1.807) is 0 Å². The monoisotopic (exact) mass is 815 g/mol. The highest BCUT2D eigenvalue weighted by Crippen LogP contribution is 2.39. The van der Waals surface area contributed by atoms with Gasteiger partial charge in [0.2, 0.25) is 0 Å². The lowest BCUT2D eigenvalue weighted by atomic mass is 9.93. The van der Waals surface area contributed by atoms with Crippen molar-refractivity contribution in [3.8, 4) is 78.7 Å². The van der Waals surface area contributed by atoms with Crippen molar-refractivity contribution in [2.24, 2.45) is 0 Å². The van der Waals surface area contributed by atoms with Gasteiger partial charge in [-0.3, -0.25) is 9.97 Å². The Hall–Kier alpha value is -8.67. The second-order valence-corrected chi connectivity index (χ2v) is 16.1. The largest absolute Gasteiger partial charge is 0.256 e. The summed E-state index contributed by atoms with van der Waals surface area (Å²) in [5.74, 6) is 1.76. The number of hydrogen-bond donors (Lipinski definition) is 0. The Bertz CT molecular complexity index is 3500. The molecule has 0 bridgehead atoms. The van der Waals surface area contributed by atoms with Crippen molar-refractivity contribution in [3.05, 3.63) is 225 Å². The Labute approximate surface area is 370 Å². The molecule has 0 aliphatic carbocycles. The molecular formula is C59H37N5. The van der Waals surface area contributed by atoms with Crippen LogP contribution in [0.3, 0.4) is 0 Å². The molecule has 0 saturated heterocycles. The van der Waals surface area contributed by atoms with Gasteiger partial charge in [-0.2, -0.15) is 0 Å². The fraction of sp³-hybridized carbons (Fsp3) is 0. The first-order chi connectivity index (χ1) is 31.7. The number of benzene rings is 9. The predicted octanol–water partition coefficient (Wildman–Crippen LogP) is 14.9. The highest BCUT2D eigenvalue weighted by molar-refractivity contribution is 6.01. The van der Waals surface area contributed by atoms with Crippen LogP contribution >= 0.6 is 0 Å². The molecule has 5 heteroatoms. The van der Waals surface area contributed by atoms with Crippen molar-refractivity contribution >= 4 is 43.4 Å². The van der Waals surface area contributed by atoms with Crippen LogP contribution in [0.1, 0.15) is 0 Å². The molecule has 5 nitrogen and oxygen atoms in total. The molecule has 0 spiro atoms. The van der Waals surface area contributed by atoms with Crippen LogP contribution in [-0.2, 0) is 0 Å². The minimum absolute atomic E-state index is 0.575. The van der Waals surface area contributed by atoms with Crippen LogP contribution in [0, 0.1) is 0 Å². The number of nitrogens with zero attached hydrogens (tertiary/aromatic N) is 5. The average Bonchev–Trinajstić information content (AvgIpc) is 3.37. The van der Waals surface area contributed by atoms with Gasteiger partial charge < -0.3 is 0 Å². The van der Waals surface area contributed by atoms with E-state index >= 15 is 0 Å². The summed E-state index contributed by atoms with van der Waals surface area (Å²) in [6, 6.07) is 74.5. The van der Waals surface area contributed by atoms with E-state index in [-0.39, 0.29) is 0 Å². The van der Waals surface area contributed by atoms with Crippen molar-refractivity contribution in [1.82, 2.24) is 24.9 Å². The highest BCUT2D eigenvalue weighted by atomic mass is 15.0. The van der Waals surface area contributed by atoms with E-state index in [0.29, 0.717) is 17.5 Å². The molecule has 12 aromatic rings. The zero-order valence-electron chi connectivity index (χ0n) is 34.6. The topological polar surface area (TPSA) is 64.5 Å². The van der Waals surface area contributed by atoms with Crippen molar-refractivity contribution in [3.63, 3.8) is 0 Å². The van der Waals surface area contributed by atoms with Crippen molar-refractivity contribution in [2.45, 2.75) is 0 Å². The summed E-state index contributed by atoms with van der Waals surface area (Å²) in [6.45, 7) is 0. The minimum atomic E-state index is 0.575. The molecule has 0 aliphatic heterocycles. The van der Waals surface area contributed by atoms with Crippen LogP contribution in [0.2, 0.25) is 0 Å². The molecule has 9 aromatic carbocycles. The van der Waals surface area contributed by atoms with Gasteiger partial charge in [0.25, 0.3) is 0 Å². The van der Waals surface area contributed by atoms with Crippen LogP contribution in [0.4, 0.5) is 0 Å². The molecule has 0 amide bonds. The van der Waals surface area contributed by atoms with Crippen LogP contribution in [0.25, 0.3) is 122 Å². The molecule has 0 radical (unpaired) electrons. The summed E-state index contributed by atoms with van der Waals surface area (Å²) in [5.41, 5.74) is 13.3. The third-order valence-corrected chi connectivity index (χ3v) is 12.2. The molecular weight excluding hydrogens is 779 g/mol. The molecule has 298 valence electrons. The van der Waals surface area contributed by atoms with Crippen LogP contribution in [-0.4, -0.2) is 24.9 Å². The van der Waals surface area contributed by atoms with Gasteiger partial charge in [-0.1, -0.05) is 158 Å². The normalized spacial score (nSPS) is 11.4. The van der Waals surface area contributed by atoms with Gasteiger partial charge in [0.05, 0.1) is 11.0 Å². The third-order valence-electron chi connectivity index (χ3n) is 12.2. The maximum Gasteiger partial charge on any atom is 0.164 e. The van der Waals surface area contributed by atoms with Gasteiger partial charge in [-0.05, 0) is 121 Å². The molecule has 0 fully saturated rings. The average molecular weight is 816 g/mol. The third kappa shape index (κ3) is 6.73. The predicted molar refractivity (Wildman–Crippen MR) is 263 cm³/mol. The fourth-order valence-electron chi connectivity index (χ4n) is 9.13. The van der Waals surface area contributed by atoms with E-state index in [0.717, 1.165) is 83.0 Å². The number of para-hydroxylation sites is 2. The number of fused-ring (bicyclic) bond motifs is 4. The first kappa shape index (κ1) is 37.1. The summed E-state index contributed by atoms with van der Waals surface area (Å²) < 4.78 is 0. The quantitative estimate of drug-likeness (QED) is 0.160. The number of pyridine rings is 2. The number of hydrogen-bond acceptors (Lipinski definition) is 5. The Balaban J connectivity index is 1.09. The molecule has 64 heavy (non-hydrogen) atoms. The van der Waals surface area contributed by atoms with Crippen molar-refractivity contribution < 1.29 is 0 Å². The van der Waals surface area contributed by atoms with E-state index in [1.165, 1.54) is 21.5 Å². The lowest BCUT2D eigenvalue weighted by Crippen LogP contribution is -2.01. The molecule has 0 aliphatic rings. The second kappa shape index (κ2) is 15.7. The van der Waals surface area contributed by atoms with Gasteiger partial charge in [-0.25, -0.2) is 15.0 Å². The SMILES string of the molecule is c1cc(-c2nc(-c3cccc(-c4cccc5ccccc45)c3)nc(-c3cc(-c4ccnc5ccccc45)cc(-c4ccnc5ccccc45)c3)n2)cc(-c2cccc3ccccc23)c1. The maximum absolute atomic E-state index is 5.37. The summed E-state index contributed by atoms with van der Waals surface area (Å²) in [4.78, 5) is 25.4. The highest BCUT2D eigenvalue weighted by Gasteiger charge is 2.18. The van der Waals surface area contributed by atoms with E-state index in [2.05, 4.69) is 200 Å². The zero-order chi connectivity index (χ0) is 42.4. The summed E-state index contributed by atoms with van der Waals surface area (Å²) in [6.07, 6.45) is 3.77. The van der Waals surface area contributed by atoms with Gasteiger partial charge in [0.15, 0.2) is 17.5 Å². The van der Waals surface area contributed by atoms with Gasteiger partial charge in [-0.15, -0.1) is 0 Å². The molecule has 0 unspecified atom stereocenters. The maximum atomic E-state index is 5.37. The standard InChI is InChI=1S/C59H37N5/c1-3-21-47-38(13-1)15-11-25-49(47)40-17-9-19-42(33-40)57-62-58(43-20-10-18-41(34-43)50-26-12-16-39-14-2-4-22-48(39)50)64-59(63-57)46-36-44(51-29-31-60-55-27-7-5-23-53(51)55)35-45(37-46)52-30-32-61-56-28-8-6-24-54(52)56/h1-37H. The van der Waals surface area contributed by atoms with Gasteiger partial charge in [0, 0.05) is 39.9 Å². The zero-order valence-corrected chi connectivity index (χ0v) is 34.6. The lowest BCUT2D eigenvalue weighted by Gasteiger charge is -2.15. The van der Waals surface area contributed by atoms with Crippen LogP contribution in [0.5, 0.6) is 0 Å². The van der Waals surface area contributed by atoms with E-state index in [9.17, 15) is 0 Å². The van der Waals surface area contributed by atoms with Crippen molar-refractivity contribution in [2.75, 3.05) is 0 Å². The molecule has 0 N–H and O–H groups in total. The van der Waals surface area contributed by atoms with Gasteiger partial charge >= 0.3 is 0 Å². The summed E-state index contributed by atoms with van der Waals surface area (Å²) >= 11 is 0. The number of rotatable bonds is 7. The first-order valence-corrected chi connectivity index (χ1v) is 21.5. The first-order valence-electron chi connectivity index (χ1n) is 21.5. The smallest absolute Gasteiger partial charge is 0.164 e. The van der Waals surface area contributed by atoms with E-state index < -0.39 is 0 Å². The minimum Gasteiger partial charge on any atom is -0.256 e. The Morgan fingerprint density at radius 3 is 1.08 bits per heavy atom. The van der Waals surface area contributed by atoms with Crippen LogP contribution < -0.4 is 0 Å². The Morgan fingerprint density at radius 2 is 0.578 bits per heavy atom. The molecule has 0 atom stereocenters. The van der Waals surface area contributed by atoms with Crippen LogP contribution in [0.15, 0.2) is 225 Å². The Morgan fingerprint density at radius 1 is 0.234 bits per heavy atom. The van der Waals surface area contributed by atoms with Gasteiger partial charge in [0.1, 0.15) is 0 Å². The van der Waals surface area contributed by atoms with Crippen molar-refractivity contribution in [1.29, 1.82) is 0 Å². The molecule has 0 saturated carbocycles. The fourth-order valence-corrected chi connectivity index (χ4v) is 9.13. The summed E-state index contributed by atoms with van der Waals surface area (Å²) in [5, 5.41) is 6.92. The number of aromatic nitrogens is 5. The molecule has 3 aromatic heterocycles. The lowest BCUT2D eigenvalue weighted by molar-refractivity contribution is 1.07. The Kier molecular flexibility index (Phi) is 9.08. The second-order valence-electron chi connectivity index (χ2n) is 16.1. The molecule has 12 rings (SSSR count).